The average molecular weight is 557 g/mol. The van der Waals surface area contributed by atoms with Crippen LogP contribution < -0.4 is 25.0 Å². The van der Waals surface area contributed by atoms with Crippen LogP contribution in [0.25, 0.3) is 0 Å². The number of aromatic nitrogens is 2. The first-order chi connectivity index (χ1) is 18.3. The summed E-state index contributed by atoms with van der Waals surface area (Å²) in [5.74, 6) is 2.38. The normalized spacial score (nSPS) is 17.4. The zero-order chi connectivity index (χ0) is 26.7. The molecule has 2 heterocycles. The van der Waals surface area contributed by atoms with Gasteiger partial charge in [0, 0.05) is 31.4 Å². The smallest absolute Gasteiger partial charge is 0.242 e. The first-order valence-corrected chi connectivity index (χ1v) is 14.9. The van der Waals surface area contributed by atoms with Crippen molar-refractivity contribution in [2.24, 2.45) is 11.8 Å². The fraction of sp³-hybridized carbons (Fsp3) is 0.407. The van der Waals surface area contributed by atoms with Crippen molar-refractivity contribution in [1.29, 1.82) is 0 Å². The van der Waals surface area contributed by atoms with Gasteiger partial charge < -0.3 is 20.3 Å². The topological polar surface area (TPSA) is 108 Å². The zero-order valence-electron chi connectivity index (χ0n) is 21.6. The summed E-state index contributed by atoms with van der Waals surface area (Å²) in [4.78, 5) is 11.4. The number of rotatable bonds is 11. The number of benzene rings is 2. The number of hydrogen-bond acceptors (Lipinski definition) is 8. The van der Waals surface area contributed by atoms with Crippen LogP contribution in [0, 0.1) is 11.8 Å². The van der Waals surface area contributed by atoms with Crippen molar-refractivity contribution in [2.45, 2.75) is 38.0 Å². The molecule has 9 nitrogen and oxygen atoms in total. The van der Waals surface area contributed by atoms with Gasteiger partial charge in [-0.1, -0.05) is 30.7 Å². The lowest BCUT2D eigenvalue weighted by molar-refractivity contribution is 0.342. The fourth-order valence-electron chi connectivity index (χ4n) is 4.45. The Morgan fingerprint density at radius 1 is 1.11 bits per heavy atom. The van der Waals surface area contributed by atoms with Gasteiger partial charge in [0.25, 0.3) is 0 Å². The molecule has 1 saturated carbocycles. The summed E-state index contributed by atoms with van der Waals surface area (Å²) < 4.78 is 34.6. The van der Waals surface area contributed by atoms with Gasteiger partial charge in [0.15, 0.2) is 5.82 Å². The lowest BCUT2D eigenvalue weighted by atomic mass is 10.2. The lowest BCUT2D eigenvalue weighted by Crippen LogP contribution is -2.26. The summed E-state index contributed by atoms with van der Waals surface area (Å²) in [7, 11) is -3.70. The summed E-state index contributed by atoms with van der Waals surface area (Å²) in [6, 6.07) is 12.7. The highest BCUT2D eigenvalue weighted by Gasteiger charge is 2.26. The van der Waals surface area contributed by atoms with Crippen LogP contribution in [0.3, 0.4) is 0 Å². The molecule has 2 fully saturated rings. The monoisotopic (exact) mass is 556 g/mol. The second-order valence-electron chi connectivity index (χ2n) is 9.88. The third-order valence-corrected chi connectivity index (χ3v) is 8.49. The van der Waals surface area contributed by atoms with Crippen LogP contribution in [0.5, 0.6) is 5.75 Å². The van der Waals surface area contributed by atoms with Gasteiger partial charge in [-0.25, -0.2) is 18.1 Å². The molecule has 0 unspecified atom stereocenters. The molecule has 1 aromatic heterocycles. The average Bonchev–Trinajstić information content (AvgIpc) is 3.64. The number of halogens is 1. The maximum atomic E-state index is 13.0. The summed E-state index contributed by atoms with van der Waals surface area (Å²) >= 11 is 6.40. The Labute approximate surface area is 229 Å². The van der Waals surface area contributed by atoms with E-state index in [4.69, 9.17) is 16.3 Å². The van der Waals surface area contributed by atoms with E-state index >= 15 is 0 Å². The van der Waals surface area contributed by atoms with Gasteiger partial charge in [0.1, 0.15) is 15.7 Å². The summed E-state index contributed by atoms with van der Waals surface area (Å²) in [6.45, 7) is 7.23. The zero-order valence-corrected chi connectivity index (χ0v) is 23.1. The minimum atomic E-state index is -3.70. The first kappa shape index (κ1) is 26.5. The predicted octanol–water partition coefficient (Wildman–Crippen LogP) is 5.55. The third-order valence-electron chi connectivity index (χ3n) is 6.73. The van der Waals surface area contributed by atoms with Gasteiger partial charge in [-0.3, -0.25) is 0 Å². The van der Waals surface area contributed by atoms with E-state index in [-0.39, 0.29) is 15.7 Å². The first-order valence-electron chi connectivity index (χ1n) is 13.0. The van der Waals surface area contributed by atoms with Crippen molar-refractivity contribution >= 4 is 50.5 Å². The van der Waals surface area contributed by atoms with E-state index in [1.165, 1.54) is 12.6 Å². The summed E-state index contributed by atoms with van der Waals surface area (Å²) in [6.07, 6.45) is 4.77. The van der Waals surface area contributed by atoms with E-state index in [9.17, 15) is 8.42 Å². The molecule has 11 heteroatoms. The largest absolute Gasteiger partial charge is 0.492 e. The molecule has 2 aromatic carbocycles. The Morgan fingerprint density at radius 2 is 1.92 bits per heavy atom. The molecule has 3 aromatic rings. The molecule has 202 valence electrons. The van der Waals surface area contributed by atoms with Gasteiger partial charge in [-0.15, -0.1) is 0 Å². The van der Waals surface area contributed by atoms with Gasteiger partial charge in [0.2, 0.25) is 16.0 Å². The highest BCUT2D eigenvalue weighted by Crippen LogP contribution is 2.35. The van der Waals surface area contributed by atoms with E-state index in [0.717, 1.165) is 37.3 Å². The van der Waals surface area contributed by atoms with Crippen LogP contribution in [-0.4, -0.2) is 44.6 Å². The Hall–Kier alpha value is -3.08. The fourth-order valence-corrected chi connectivity index (χ4v) is 5.87. The van der Waals surface area contributed by atoms with E-state index < -0.39 is 10.0 Å². The molecule has 1 aliphatic heterocycles. The van der Waals surface area contributed by atoms with Gasteiger partial charge in [0.05, 0.1) is 24.2 Å². The minimum Gasteiger partial charge on any atom is -0.492 e. The number of nitrogens with zero attached hydrogens (tertiary/aromatic N) is 3. The molecule has 1 aliphatic carbocycles. The number of anilines is 5. The molecule has 38 heavy (non-hydrogen) atoms. The predicted molar refractivity (Wildman–Crippen MR) is 152 cm³/mol. The summed E-state index contributed by atoms with van der Waals surface area (Å²) in [5.41, 5.74) is 2.22. The van der Waals surface area contributed by atoms with E-state index in [2.05, 4.69) is 43.2 Å². The molecule has 1 saturated heterocycles. The SMILES string of the molecule is CCOc1cc(N2CC[C@@H](C)C2)ccc1Nc1ncc(Cl)c(Nc2ccccc2S(=O)(=O)NCC2CC2)n1. The number of sulfonamides is 1. The molecular weight excluding hydrogens is 524 g/mol. The number of para-hydroxylation sites is 1. The highest BCUT2D eigenvalue weighted by molar-refractivity contribution is 7.89. The Morgan fingerprint density at radius 3 is 2.66 bits per heavy atom. The molecule has 0 radical (unpaired) electrons. The number of ether oxygens (including phenoxy) is 1. The quantitative estimate of drug-likeness (QED) is 0.282. The van der Waals surface area contributed by atoms with Crippen LogP contribution in [0.4, 0.5) is 28.8 Å². The maximum absolute atomic E-state index is 13.0. The number of hydrogen-bond donors (Lipinski definition) is 3. The Kier molecular flexibility index (Phi) is 7.92. The molecule has 0 bridgehead atoms. The Balaban J connectivity index is 1.37. The lowest BCUT2D eigenvalue weighted by Gasteiger charge is -2.21. The van der Waals surface area contributed by atoms with Crippen LogP contribution >= 0.6 is 11.6 Å². The molecule has 0 spiro atoms. The highest BCUT2D eigenvalue weighted by atomic mass is 35.5. The maximum Gasteiger partial charge on any atom is 0.242 e. The standard InChI is InChI=1S/C27H33ClN6O3S/c1-3-37-24-14-20(34-13-12-18(2)17-34)10-11-22(24)32-27-29-16-21(28)26(33-27)31-23-6-4-5-7-25(23)38(35,36)30-15-19-8-9-19/h4-7,10-11,14,16,18-19,30H,3,8-9,12-13,15,17H2,1-2H3,(H2,29,31,32,33)/t18-/m1/s1. The van der Waals surface area contributed by atoms with Crippen LogP contribution in [0.1, 0.15) is 33.1 Å². The van der Waals surface area contributed by atoms with Crippen LogP contribution in [-0.2, 0) is 10.0 Å². The van der Waals surface area contributed by atoms with Gasteiger partial charge in [-0.05, 0) is 62.3 Å². The van der Waals surface area contributed by atoms with E-state index in [1.807, 2.05) is 19.1 Å². The Bertz CT molecular complexity index is 1400. The van der Waals surface area contributed by atoms with E-state index in [0.29, 0.717) is 42.4 Å². The second kappa shape index (κ2) is 11.3. The molecule has 2 aliphatic rings. The molecule has 0 amide bonds. The van der Waals surface area contributed by atoms with Crippen molar-refractivity contribution < 1.29 is 13.2 Å². The minimum absolute atomic E-state index is 0.135. The molecular formula is C27H33ClN6O3S. The van der Waals surface area contributed by atoms with Gasteiger partial charge in [-0.2, -0.15) is 4.98 Å². The van der Waals surface area contributed by atoms with Gasteiger partial charge >= 0.3 is 0 Å². The molecule has 3 N–H and O–H groups in total. The van der Waals surface area contributed by atoms with Crippen molar-refractivity contribution in [2.75, 3.05) is 41.8 Å². The van der Waals surface area contributed by atoms with Crippen molar-refractivity contribution in [1.82, 2.24) is 14.7 Å². The number of nitrogens with one attached hydrogen (secondary N) is 3. The van der Waals surface area contributed by atoms with E-state index in [1.54, 1.807) is 24.3 Å². The molecule has 1 atom stereocenters. The van der Waals surface area contributed by atoms with Crippen LogP contribution in [0.15, 0.2) is 53.6 Å². The third kappa shape index (κ3) is 6.31. The van der Waals surface area contributed by atoms with Crippen molar-refractivity contribution in [3.63, 3.8) is 0 Å². The summed E-state index contributed by atoms with van der Waals surface area (Å²) in [5, 5.41) is 6.57. The van der Waals surface area contributed by atoms with Crippen molar-refractivity contribution in [3.8, 4) is 5.75 Å². The molecule has 5 rings (SSSR count). The van der Waals surface area contributed by atoms with Crippen LogP contribution in [0.2, 0.25) is 5.02 Å². The van der Waals surface area contributed by atoms with Crippen molar-refractivity contribution in [3.05, 3.63) is 53.7 Å². The second-order valence-corrected chi connectivity index (χ2v) is 12.0.